The number of carbonyl (C=O) groups excluding carboxylic acids is 1. The molecule has 0 N–H and O–H groups in total. The van der Waals surface area contributed by atoms with E-state index in [4.69, 9.17) is 0 Å². The molecule has 106 valence electrons. The topological polar surface area (TPSA) is 47.8 Å². The van der Waals surface area contributed by atoms with Gasteiger partial charge in [0.15, 0.2) is 5.78 Å². The number of pyridine rings is 1. The number of hydrogen-bond donors (Lipinski definition) is 0. The van der Waals surface area contributed by atoms with Gasteiger partial charge in [0.25, 0.3) is 0 Å². The predicted molar refractivity (Wildman–Crippen MR) is 82.4 cm³/mol. The van der Waals surface area contributed by atoms with Gasteiger partial charge in [-0.25, -0.2) is 0 Å². The Hall–Kier alpha value is -2.49. The number of nitrogens with zero attached hydrogens (tertiary/aromatic N) is 3. The Morgan fingerprint density at radius 3 is 2.86 bits per heavy atom. The van der Waals surface area contributed by atoms with Crippen LogP contribution in [0.3, 0.4) is 0 Å². The predicted octanol–water partition coefficient (Wildman–Crippen LogP) is 2.96. The number of fused-ring (bicyclic) bond motifs is 1. The normalized spacial score (nSPS) is 11.0. The van der Waals surface area contributed by atoms with Crippen molar-refractivity contribution in [2.75, 3.05) is 0 Å². The van der Waals surface area contributed by atoms with Gasteiger partial charge in [0, 0.05) is 30.4 Å². The number of para-hydroxylation sites is 1. The first-order chi connectivity index (χ1) is 10.2. The van der Waals surface area contributed by atoms with Crippen molar-refractivity contribution < 1.29 is 4.79 Å². The van der Waals surface area contributed by atoms with Gasteiger partial charge in [-0.2, -0.15) is 5.10 Å². The molecule has 21 heavy (non-hydrogen) atoms. The average Bonchev–Trinajstić information content (AvgIpc) is 2.84. The van der Waals surface area contributed by atoms with Crippen LogP contribution in [0, 0.1) is 0 Å². The molecule has 0 fully saturated rings. The number of aryl methyl sites for hydroxylation is 2. The zero-order valence-corrected chi connectivity index (χ0v) is 12.2. The third kappa shape index (κ3) is 2.44. The first kappa shape index (κ1) is 13.5. The Labute approximate surface area is 123 Å². The number of aromatic nitrogens is 3. The highest BCUT2D eigenvalue weighted by Gasteiger charge is 2.15. The summed E-state index contributed by atoms with van der Waals surface area (Å²) in [6, 6.07) is 9.78. The van der Waals surface area contributed by atoms with Crippen LogP contribution in [-0.4, -0.2) is 20.5 Å². The van der Waals surface area contributed by atoms with Crippen molar-refractivity contribution in [3.63, 3.8) is 0 Å². The summed E-state index contributed by atoms with van der Waals surface area (Å²) in [6.45, 7) is 2.03. The van der Waals surface area contributed by atoms with Crippen molar-refractivity contribution in [2.24, 2.45) is 7.05 Å². The van der Waals surface area contributed by atoms with Crippen LogP contribution in [0.1, 0.15) is 28.5 Å². The van der Waals surface area contributed by atoms with Crippen LogP contribution < -0.4 is 0 Å². The summed E-state index contributed by atoms with van der Waals surface area (Å²) in [6.07, 6.45) is 4.56. The van der Waals surface area contributed by atoms with E-state index < -0.39 is 0 Å². The fourth-order valence-corrected chi connectivity index (χ4v) is 2.65. The molecule has 0 amide bonds. The fraction of sp³-hybridized carbons (Fsp3) is 0.235. The summed E-state index contributed by atoms with van der Waals surface area (Å²) in [5.74, 6) is 0.0955. The van der Waals surface area contributed by atoms with E-state index in [-0.39, 0.29) is 5.78 Å². The summed E-state index contributed by atoms with van der Waals surface area (Å²) < 4.78 is 1.82. The van der Waals surface area contributed by atoms with E-state index in [1.54, 1.807) is 18.5 Å². The lowest BCUT2D eigenvalue weighted by Crippen LogP contribution is -2.08. The number of ketones is 1. The second-order valence-electron chi connectivity index (χ2n) is 5.07. The van der Waals surface area contributed by atoms with Gasteiger partial charge in [-0.15, -0.1) is 0 Å². The zero-order valence-electron chi connectivity index (χ0n) is 12.2. The zero-order chi connectivity index (χ0) is 14.8. The molecule has 0 saturated carbocycles. The van der Waals surface area contributed by atoms with Crippen LogP contribution in [0.2, 0.25) is 0 Å². The number of benzene rings is 1. The van der Waals surface area contributed by atoms with E-state index in [1.165, 1.54) is 0 Å². The molecule has 0 unspecified atom stereocenters. The molecule has 2 aromatic heterocycles. The Bertz CT molecular complexity index is 805. The van der Waals surface area contributed by atoms with Crippen LogP contribution in [0.25, 0.3) is 10.9 Å². The molecule has 3 rings (SSSR count). The van der Waals surface area contributed by atoms with Crippen molar-refractivity contribution in [3.05, 3.63) is 59.5 Å². The van der Waals surface area contributed by atoms with Crippen LogP contribution >= 0.6 is 0 Å². The number of Topliss-reactive ketones (excluding diaryl/α,β-unsaturated/α-hetero) is 1. The van der Waals surface area contributed by atoms with Gasteiger partial charge in [0.2, 0.25) is 0 Å². The molecule has 4 heteroatoms. The second kappa shape index (κ2) is 5.48. The summed E-state index contributed by atoms with van der Waals surface area (Å²) in [4.78, 5) is 16.7. The standard InChI is InChI=1S/C17H17N3O/c1-3-12-11-18-9-8-13(12)17(21)10-15-14-6-4-5-7-16(14)20(2)19-15/h4-9,11H,3,10H2,1-2H3. The van der Waals surface area contributed by atoms with Gasteiger partial charge in [0.05, 0.1) is 17.6 Å². The summed E-state index contributed by atoms with van der Waals surface area (Å²) in [5, 5.41) is 5.53. The Balaban J connectivity index is 1.97. The summed E-state index contributed by atoms with van der Waals surface area (Å²) in [5.41, 5.74) is 3.62. The lowest BCUT2D eigenvalue weighted by Gasteiger charge is -2.05. The maximum atomic E-state index is 12.6. The van der Waals surface area contributed by atoms with Crippen molar-refractivity contribution in [1.29, 1.82) is 0 Å². The average molecular weight is 279 g/mol. The van der Waals surface area contributed by atoms with Crippen molar-refractivity contribution in [3.8, 4) is 0 Å². The molecule has 0 aliphatic carbocycles. The molecule has 0 radical (unpaired) electrons. The van der Waals surface area contributed by atoms with Crippen molar-refractivity contribution in [2.45, 2.75) is 19.8 Å². The SMILES string of the molecule is CCc1cnccc1C(=O)Cc1nn(C)c2ccccc12. The molecule has 3 aromatic rings. The number of hydrogen-bond acceptors (Lipinski definition) is 3. The highest BCUT2D eigenvalue weighted by atomic mass is 16.1. The highest BCUT2D eigenvalue weighted by Crippen LogP contribution is 2.20. The minimum absolute atomic E-state index is 0.0955. The maximum Gasteiger partial charge on any atom is 0.169 e. The Morgan fingerprint density at radius 1 is 1.24 bits per heavy atom. The minimum Gasteiger partial charge on any atom is -0.294 e. The third-order valence-electron chi connectivity index (χ3n) is 3.75. The molecule has 2 heterocycles. The lowest BCUT2D eigenvalue weighted by atomic mass is 10.00. The highest BCUT2D eigenvalue weighted by molar-refractivity contribution is 6.00. The molecule has 0 atom stereocenters. The van der Waals surface area contributed by atoms with Gasteiger partial charge in [0.1, 0.15) is 0 Å². The van der Waals surface area contributed by atoms with E-state index in [2.05, 4.69) is 10.1 Å². The Morgan fingerprint density at radius 2 is 2.05 bits per heavy atom. The van der Waals surface area contributed by atoms with Gasteiger partial charge in [-0.3, -0.25) is 14.5 Å². The first-order valence-corrected chi connectivity index (χ1v) is 7.07. The second-order valence-corrected chi connectivity index (χ2v) is 5.07. The molecular weight excluding hydrogens is 262 g/mol. The molecular formula is C17H17N3O. The third-order valence-corrected chi connectivity index (χ3v) is 3.75. The monoisotopic (exact) mass is 279 g/mol. The lowest BCUT2D eigenvalue weighted by molar-refractivity contribution is 0.0991. The van der Waals surface area contributed by atoms with Gasteiger partial charge in [-0.05, 0) is 24.1 Å². The quantitative estimate of drug-likeness (QED) is 0.690. The van der Waals surface area contributed by atoms with Crippen LogP contribution in [-0.2, 0) is 19.9 Å². The summed E-state index contributed by atoms with van der Waals surface area (Å²) >= 11 is 0. The first-order valence-electron chi connectivity index (χ1n) is 7.07. The van der Waals surface area contributed by atoms with Gasteiger partial charge in [-0.1, -0.05) is 25.1 Å². The van der Waals surface area contributed by atoms with Crippen LogP contribution in [0.15, 0.2) is 42.7 Å². The summed E-state index contributed by atoms with van der Waals surface area (Å²) in [7, 11) is 1.90. The largest absolute Gasteiger partial charge is 0.294 e. The van der Waals surface area contributed by atoms with Gasteiger partial charge >= 0.3 is 0 Å². The number of carbonyl (C=O) groups is 1. The molecule has 0 bridgehead atoms. The van der Waals surface area contributed by atoms with Crippen LogP contribution in [0.4, 0.5) is 0 Å². The molecule has 0 aliphatic rings. The van der Waals surface area contributed by atoms with E-state index in [9.17, 15) is 4.79 Å². The van der Waals surface area contributed by atoms with Crippen LogP contribution in [0.5, 0.6) is 0 Å². The molecule has 0 aliphatic heterocycles. The van der Waals surface area contributed by atoms with Gasteiger partial charge < -0.3 is 0 Å². The van der Waals surface area contributed by atoms with E-state index in [0.717, 1.165) is 34.1 Å². The number of rotatable bonds is 4. The van der Waals surface area contributed by atoms with E-state index >= 15 is 0 Å². The fourth-order valence-electron chi connectivity index (χ4n) is 2.65. The smallest absolute Gasteiger partial charge is 0.169 e. The molecule has 4 nitrogen and oxygen atoms in total. The van der Waals surface area contributed by atoms with E-state index in [0.29, 0.717) is 6.42 Å². The minimum atomic E-state index is 0.0955. The van der Waals surface area contributed by atoms with Crippen molar-refractivity contribution in [1.82, 2.24) is 14.8 Å². The van der Waals surface area contributed by atoms with Crippen molar-refractivity contribution >= 4 is 16.7 Å². The molecule has 0 saturated heterocycles. The molecule has 1 aromatic carbocycles. The Kier molecular flexibility index (Phi) is 3.52. The van der Waals surface area contributed by atoms with E-state index in [1.807, 2.05) is 42.9 Å². The molecule has 0 spiro atoms. The maximum absolute atomic E-state index is 12.6.